The molecule has 0 amide bonds. The minimum absolute atomic E-state index is 0.00562. The first-order chi connectivity index (χ1) is 15.6. The monoisotopic (exact) mass is 458 g/mol. The minimum atomic E-state index is -0.271. The van der Waals surface area contributed by atoms with Crippen molar-refractivity contribution in [2.75, 3.05) is 0 Å². The van der Waals surface area contributed by atoms with E-state index in [1.165, 1.54) is 5.56 Å². The highest BCUT2D eigenvalue weighted by molar-refractivity contribution is 6.09. The fourth-order valence-electron chi connectivity index (χ4n) is 3.69. The van der Waals surface area contributed by atoms with E-state index in [2.05, 4.69) is 47.6 Å². The molecule has 0 atom stereocenters. The summed E-state index contributed by atoms with van der Waals surface area (Å²) >= 11 is 0. The van der Waals surface area contributed by atoms with Crippen LogP contribution in [0.5, 0.6) is 17.2 Å². The highest BCUT2D eigenvalue weighted by atomic mass is 16.5. The molecule has 0 bridgehead atoms. The quantitative estimate of drug-likeness (QED) is 0.360. The van der Waals surface area contributed by atoms with Crippen LogP contribution < -0.4 is 9.47 Å². The summed E-state index contributed by atoms with van der Waals surface area (Å²) in [4.78, 5) is 13.0. The van der Waals surface area contributed by atoms with E-state index in [0.29, 0.717) is 16.9 Å². The Bertz CT molecular complexity index is 1130. The van der Waals surface area contributed by atoms with Crippen LogP contribution in [0.15, 0.2) is 66.7 Å². The molecule has 0 N–H and O–H groups in total. The van der Waals surface area contributed by atoms with Gasteiger partial charge in [-0.25, -0.2) is 0 Å². The molecule has 34 heavy (non-hydrogen) atoms. The third-order valence-corrected chi connectivity index (χ3v) is 5.54. The molecule has 3 rings (SSSR count). The molecule has 3 nitrogen and oxygen atoms in total. The fraction of sp³-hybridized carbons (Fsp3) is 0.387. The highest BCUT2D eigenvalue weighted by Crippen LogP contribution is 2.37. The molecular weight excluding hydrogens is 420 g/mol. The summed E-state index contributed by atoms with van der Waals surface area (Å²) in [6.45, 7) is 19.1. The van der Waals surface area contributed by atoms with Crippen LogP contribution in [0.2, 0.25) is 0 Å². The molecule has 0 aliphatic rings. The van der Waals surface area contributed by atoms with Crippen molar-refractivity contribution < 1.29 is 14.3 Å². The lowest BCUT2D eigenvalue weighted by molar-refractivity contribution is 0.103. The first-order valence-corrected chi connectivity index (χ1v) is 11.9. The third-order valence-electron chi connectivity index (χ3n) is 5.54. The number of hydrogen-bond donors (Lipinski definition) is 0. The van der Waals surface area contributed by atoms with Gasteiger partial charge in [-0.15, -0.1) is 0 Å². The van der Waals surface area contributed by atoms with Crippen molar-refractivity contribution in [1.29, 1.82) is 0 Å². The van der Waals surface area contributed by atoms with Gasteiger partial charge in [0, 0.05) is 16.7 Å². The molecule has 3 heteroatoms. The number of ketones is 1. The normalized spacial score (nSPS) is 12.4. The Kier molecular flexibility index (Phi) is 6.98. The molecular formula is C31H38O3. The zero-order valence-corrected chi connectivity index (χ0v) is 22.1. The van der Waals surface area contributed by atoms with Gasteiger partial charge in [-0.1, -0.05) is 65.8 Å². The van der Waals surface area contributed by atoms with Crippen molar-refractivity contribution in [3.05, 3.63) is 89.0 Å². The van der Waals surface area contributed by atoms with Gasteiger partial charge in [0.25, 0.3) is 0 Å². The van der Waals surface area contributed by atoms with Gasteiger partial charge in [0.2, 0.25) is 0 Å². The van der Waals surface area contributed by atoms with Crippen molar-refractivity contribution >= 4 is 5.78 Å². The lowest BCUT2D eigenvalue weighted by Crippen LogP contribution is -2.23. The molecule has 0 aromatic heterocycles. The molecule has 180 valence electrons. The molecule has 0 fully saturated rings. The second-order valence-electron chi connectivity index (χ2n) is 11.9. The van der Waals surface area contributed by atoms with Crippen molar-refractivity contribution in [3.63, 3.8) is 0 Å². The minimum Gasteiger partial charge on any atom is -0.488 e. The van der Waals surface area contributed by atoms with Crippen molar-refractivity contribution in [2.24, 2.45) is 0 Å². The van der Waals surface area contributed by atoms with Gasteiger partial charge in [-0.2, -0.15) is 0 Å². The van der Waals surface area contributed by atoms with E-state index in [-0.39, 0.29) is 22.2 Å². The molecule has 0 saturated heterocycles. The number of carbonyl (C=O) groups excluding carboxylic acids is 1. The van der Waals surface area contributed by atoms with E-state index in [1.54, 1.807) is 0 Å². The van der Waals surface area contributed by atoms with Gasteiger partial charge >= 0.3 is 0 Å². The molecule has 0 saturated carbocycles. The Labute approximate surface area is 205 Å². The van der Waals surface area contributed by atoms with Gasteiger partial charge in [0.15, 0.2) is 5.78 Å². The Morgan fingerprint density at radius 2 is 1.12 bits per heavy atom. The van der Waals surface area contributed by atoms with Crippen LogP contribution in [0.3, 0.4) is 0 Å². The van der Waals surface area contributed by atoms with Crippen LogP contribution >= 0.6 is 0 Å². The van der Waals surface area contributed by atoms with Gasteiger partial charge in [0.05, 0.1) is 0 Å². The first-order valence-electron chi connectivity index (χ1n) is 11.9. The number of rotatable bonds is 5. The summed E-state index contributed by atoms with van der Waals surface area (Å²) in [6, 6.07) is 21.2. The Hall–Kier alpha value is -3.07. The number of hydrogen-bond acceptors (Lipinski definition) is 3. The summed E-state index contributed by atoms with van der Waals surface area (Å²) in [5.41, 5.74) is 3.26. The van der Waals surface area contributed by atoms with Crippen LogP contribution in [-0.2, 0) is 10.8 Å². The second-order valence-corrected chi connectivity index (χ2v) is 11.9. The predicted molar refractivity (Wildman–Crippen MR) is 141 cm³/mol. The van der Waals surface area contributed by atoms with E-state index in [4.69, 9.17) is 9.47 Å². The molecule has 0 heterocycles. The topological polar surface area (TPSA) is 35.5 Å². The average molecular weight is 459 g/mol. The Morgan fingerprint density at radius 3 is 1.59 bits per heavy atom. The Morgan fingerprint density at radius 1 is 0.618 bits per heavy atom. The third kappa shape index (κ3) is 6.50. The molecule has 0 unspecified atom stereocenters. The van der Waals surface area contributed by atoms with E-state index < -0.39 is 0 Å². The Balaban J connectivity index is 1.81. The predicted octanol–water partition coefficient (Wildman–Crippen LogP) is 8.48. The van der Waals surface area contributed by atoms with Crippen LogP contribution in [0.1, 0.15) is 89.4 Å². The first kappa shape index (κ1) is 25.6. The maximum Gasteiger partial charge on any atom is 0.193 e. The molecule has 3 aromatic carbocycles. The SMILES string of the molecule is CC(C)(C)Oc1ccc(Oc2ccc(C(=O)c3ccc(C(C)(C)C)cc3)cc2)c(C(C)(C)C)c1. The maximum absolute atomic E-state index is 13.0. The number of carbonyl (C=O) groups is 1. The van der Waals surface area contributed by atoms with E-state index in [9.17, 15) is 4.79 Å². The van der Waals surface area contributed by atoms with Crippen LogP contribution in [0, 0.1) is 0 Å². The van der Waals surface area contributed by atoms with Crippen molar-refractivity contribution in [2.45, 2.75) is 78.7 Å². The molecule has 0 aliphatic heterocycles. The van der Waals surface area contributed by atoms with Gasteiger partial charge < -0.3 is 9.47 Å². The zero-order chi connectivity index (χ0) is 25.3. The summed E-state index contributed by atoms with van der Waals surface area (Å²) < 4.78 is 12.3. The standard InChI is InChI=1S/C31H38O3/c1-29(2,3)23-14-10-21(11-15-23)28(32)22-12-16-24(17-13-22)33-27-19-18-25(34-31(7,8)9)20-26(27)30(4,5)6/h10-20H,1-9H3. The average Bonchev–Trinajstić information content (AvgIpc) is 2.72. The van der Waals surface area contributed by atoms with Gasteiger partial charge in [-0.3, -0.25) is 4.79 Å². The van der Waals surface area contributed by atoms with Gasteiger partial charge in [0.1, 0.15) is 22.8 Å². The van der Waals surface area contributed by atoms with E-state index in [0.717, 1.165) is 17.1 Å². The van der Waals surface area contributed by atoms with Crippen LogP contribution in [0.25, 0.3) is 0 Å². The highest BCUT2D eigenvalue weighted by Gasteiger charge is 2.22. The van der Waals surface area contributed by atoms with E-state index in [1.807, 2.05) is 81.4 Å². The number of benzene rings is 3. The maximum atomic E-state index is 13.0. The lowest BCUT2D eigenvalue weighted by atomic mass is 9.86. The zero-order valence-electron chi connectivity index (χ0n) is 22.1. The summed E-state index contributed by atoms with van der Waals surface area (Å²) in [5.74, 6) is 2.30. The fourth-order valence-corrected chi connectivity index (χ4v) is 3.69. The van der Waals surface area contributed by atoms with Gasteiger partial charge in [-0.05, 0) is 79.6 Å². The van der Waals surface area contributed by atoms with E-state index >= 15 is 0 Å². The smallest absolute Gasteiger partial charge is 0.193 e. The van der Waals surface area contributed by atoms with Crippen LogP contribution in [0.4, 0.5) is 0 Å². The summed E-state index contributed by atoms with van der Waals surface area (Å²) in [6.07, 6.45) is 0. The summed E-state index contributed by atoms with van der Waals surface area (Å²) in [5, 5.41) is 0. The number of ether oxygens (including phenoxy) is 2. The summed E-state index contributed by atoms with van der Waals surface area (Å²) in [7, 11) is 0. The largest absolute Gasteiger partial charge is 0.488 e. The van der Waals surface area contributed by atoms with Crippen LogP contribution in [-0.4, -0.2) is 11.4 Å². The second kappa shape index (κ2) is 9.29. The van der Waals surface area contributed by atoms with Crippen molar-refractivity contribution in [1.82, 2.24) is 0 Å². The molecule has 0 radical (unpaired) electrons. The molecule has 3 aromatic rings. The van der Waals surface area contributed by atoms with Crippen molar-refractivity contribution in [3.8, 4) is 17.2 Å². The molecule has 0 aliphatic carbocycles. The molecule has 0 spiro atoms. The lowest BCUT2D eigenvalue weighted by Gasteiger charge is -2.26.